The molecule has 1 aliphatic heterocycles. The van der Waals surface area contributed by atoms with Gasteiger partial charge in [-0.15, -0.1) is 10.2 Å². The number of hydrogen-bond acceptors (Lipinski definition) is 8. The van der Waals surface area contributed by atoms with Crippen LogP contribution in [0.4, 0.5) is 5.13 Å². The third kappa shape index (κ3) is 4.19. The van der Waals surface area contributed by atoms with Crippen LogP contribution in [0.3, 0.4) is 0 Å². The summed E-state index contributed by atoms with van der Waals surface area (Å²) >= 11 is 1.19. The maximum Gasteiger partial charge on any atom is 0.301 e. The van der Waals surface area contributed by atoms with Crippen molar-refractivity contribution in [2.75, 3.05) is 18.1 Å². The number of aromatic nitrogens is 2. The monoisotopic (exact) mass is 465 g/mol. The highest BCUT2D eigenvalue weighted by Gasteiger charge is 2.48. The first-order chi connectivity index (χ1) is 16.0. The molecule has 4 rings (SSSR count). The molecule has 1 unspecified atom stereocenters. The molecule has 1 N–H and O–H groups in total. The second kappa shape index (κ2) is 9.41. The number of benzene rings is 2. The van der Waals surface area contributed by atoms with Crippen molar-refractivity contribution >= 4 is 33.9 Å². The summed E-state index contributed by atoms with van der Waals surface area (Å²) in [5.41, 5.74) is 0.988. The van der Waals surface area contributed by atoms with E-state index in [0.29, 0.717) is 40.8 Å². The molecular weight excluding hydrogens is 442 g/mol. The number of rotatable bonds is 7. The summed E-state index contributed by atoms with van der Waals surface area (Å²) in [5.74, 6) is -0.790. The molecule has 2 heterocycles. The van der Waals surface area contributed by atoms with Gasteiger partial charge in [0, 0.05) is 5.56 Å². The number of ketones is 1. The van der Waals surface area contributed by atoms with Crippen LogP contribution in [0, 0.1) is 6.92 Å². The molecule has 1 aliphatic rings. The van der Waals surface area contributed by atoms with E-state index in [0.717, 1.165) is 0 Å². The van der Waals surface area contributed by atoms with Gasteiger partial charge in [0.1, 0.15) is 10.8 Å². The second-order valence-corrected chi connectivity index (χ2v) is 8.37. The molecule has 9 heteroatoms. The van der Waals surface area contributed by atoms with Gasteiger partial charge < -0.3 is 14.6 Å². The van der Waals surface area contributed by atoms with E-state index < -0.39 is 17.7 Å². The lowest BCUT2D eigenvalue weighted by Crippen LogP contribution is -2.29. The minimum atomic E-state index is -0.910. The Balaban J connectivity index is 1.93. The third-order valence-electron chi connectivity index (χ3n) is 5.10. The molecule has 2 aromatic carbocycles. The van der Waals surface area contributed by atoms with Gasteiger partial charge in [0.05, 0.1) is 24.8 Å². The molecule has 1 aromatic heterocycles. The van der Waals surface area contributed by atoms with Crippen molar-refractivity contribution in [1.29, 1.82) is 0 Å². The fraction of sp³-hybridized carbons (Fsp3) is 0.250. The van der Waals surface area contributed by atoms with Crippen molar-refractivity contribution in [3.8, 4) is 11.5 Å². The molecule has 0 bridgehead atoms. The van der Waals surface area contributed by atoms with Gasteiger partial charge in [0.2, 0.25) is 5.13 Å². The number of aryl methyl sites for hydroxylation is 1. The Morgan fingerprint density at radius 2 is 1.73 bits per heavy atom. The van der Waals surface area contributed by atoms with Crippen molar-refractivity contribution in [3.05, 3.63) is 70.2 Å². The van der Waals surface area contributed by atoms with Crippen LogP contribution in [0.5, 0.6) is 11.5 Å². The zero-order chi connectivity index (χ0) is 23.5. The molecule has 1 fully saturated rings. The first-order valence-electron chi connectivity index (χ1n) is 10.5. The van der Waals surface area contributed by atoms with Gasteiger partial charge in [-0.1, -0.05) is 47.7 Å². The van der Waals surface area contributed by atoms with Crippen LogP contribution in [0.15, 0.2) is 54.1 Å². The van der Waals surface area contributed by atoms with Crippen LogP contribution < -0.4 is 14.4 Å². The highest BCUT2D eigenvalue weighted by atomic mass is 32.1. The predicted molar refractivity (Wildman–Crippen MR) is 125 cm³/mol. The maximum atomic E-state index is 13.2. The molecule has 0 radical (unpaired) electrons. The number of carbonyl (C=O) groups is 2. The minimum Gasteiger partial charge on any atom is -0.507 e. The lowest BCUT2D eigenvalue weighted by atomic mass is 9.95. The molecule has 0 saturated carbocycles. The molecule has 8 nitrogen and oxygen atoms in total. The Labute approximate surface area is 195 Å². The Hall–Kier alpha value is -3.72. The van der Waals surface area contributed by atoms with Crippen LogP contribution >= 0.6 is 11.3 Å². The zero-order valence-corrected chi connectivity index (χ0v) is 19.3. The number of hydrogen-bond donors (Lipinski definition) is 1. The average molecular weight is 466 g/mol. The Bertz CT molecular complexity index is 1220. The van der Waals surface area contributed by atoms with Crippen LogP contribution in [-0.4, -0.2) is 40.2 Å². The highest BCUT2D eigenvalue weighted by molar-refractivity contribution is 7.15. The van der Waals surface area contributed by atoms with Crippen LogP contribution in [0.25, 0.3) is 5.76 Å². The van der Waals surface area contributed by atoms with E-state index in [1.165, 1.54) is 16.2 Å². The molecule has 3 aromatic rings. The number of anilines is 1. The van der Waals surface area contributed by atoms with E-state index in [-0.39, 0.29) is 16.5 Å². The quantitative estimate of drug-likeness (QED) is 0.316. The minimum absolute atomic E-state index is 0.0225. The molecule has 170 valence electrons. The molecule has 1 saturated heterocycles. The Morgan fingerprint density at radius 1 is 1.03 bits per heavy atom. The van der Waals surface area contributed by atoms with Crippen LogP contribution in [-0.2, 0) is 9.59 Å². The van der Waals surface area contributed by atoms with Gasteiger partial charge in [0.25, 0.3) is 5.78 Å². The summed E-state index contributed by atoms with van der Waals surface area (Å²) < 4.78 is 11.4. The fourth-order valence-corrected chi connectivity index (χ4v) is 4.43. The topological polar surface area (TPSA) is 102 Å². The Morgan fingerprint density at radius 3 is 2.36 bits per heavy atom. The number of nitrogens with zero attached hydrogens (tertiary/aromatic N) is 3. The smallest absolute Gasteiger partial charge is 0.301 e. The summed E-state index contributed by atoms with van der Waals surface area (Å²) in [5, 5.41) is 20.1. The molecule has 0 aliphatic carbocycles. The predicted octanol–water partition coefficient (Wildman–Crippen LogP) is 4.27. The van der Waals surface area contributed by atoms with Gasteiger partial charge in [0.15, 0.2) is 11.5 Å². The molecule has 33 heavy (non-hydrogen) atoms. The van der Waals surface area contributed by atoms with Crippen molar-refractivity contribution in [3.63, 3.8) is 0 Å². The SMILES string of the molecule is CCOc1ccc(C2C(=C(O)c3ccccc3)C(=O)C(=O)N2c2nnc(C)s2)cc1OCC. The van der Waals surface area contributed by atoms with Crippen molar-refractivity contribution < 1.29 is 24.2 Å². The summed E-state index contributed by atoms with van der Waals surface area (Å²) in [4.78, 5) is 27.6. The van der Waals surface area contributed by atoms with E-state index in [1.807, 2.05) is 13.8 Å². The lowest BCUT2D eigenvalue weighted by molar-refractivity contribution is -0.132. The van der Waals surface area contributed by atoms with Gasteiger partial charge in [-0.05, 0) is 38.5 Å². The number of aliphatic hydroxyl groups is 1. The first-order valence-corrected chi connectivity index (χ1v) is 11.3. The van der Waals surface area contributed by atoms with Gasteiger partial charge in [-0.25, -0.2) is 0 Å². The molecule has 1 amide bonds. The van der Waals surface area contributed by atoms with E-state index in [4.69, 9.17) is 9.47 Å². The largest absolute Gasteiger partial charge is 0.507 e. The zero-order valence-electron chi connectivity index (χ0n) is 18.4. The summed E-state index contributed by atoms with van der Waals surface area (Å²) in [6.07, 6.45) is 0. The highest BCUT2D eigenvalue weighted by Crippen LogP contribution is 2.44. The van der Waals surface area contributed by atoms with E-state index >= 15 is 0 Å². The number of carbonyl (C=O) groups excluding carboxylic acids is 2. The van der Waals surface area contributed by atoms with Gasteiger partial charge >= 0.3 is 5.91 Å². The second-order valence-electron chi connectivity index (χ2n) is 7.21. The van der Waals surface area contributed by atoms with E-state index in [9.17, 15) is 14.7 Å². The fourth-order valence-electron chi connectivity index (χ4n) is 3.72. The number of amides is 1. The number of ether oxygens (including phenoxy) is 2. The van der Waals surface area contributed by atoms with Gasteiger partial charge in [-0.3, -0.25) is 14.5 Å². The van der Waals surface area contributed by atoms with Gasteiger partial charge in [-0.2, -0.15) is 0 Å². The van der Waals surface area contributed by atoms with Crippen molar-refractivity contribution in [2.24, 2.45) is 0 Å². The van der Waals surface area contributed by atoms with Crippen LogP contribution in [0.1, 0.15) is 36.0 Å². The van der Waals surface area contributed by atoms with E-state index in [2.05, 4.69) is 10.2 Å². The molecular formula is C24H23N3O5S. The van der Waals surface area contributed by atoms with E-state index in [1.54, 1.807) is 55.5 Å². The lowest BCUT2D eigenvalue weighted by Gasteiger charge is -2.23. The average Bonchev–Trinajstić information content (AvgIpc) is 3.36. The summed E-state index contributed by atoms with van der Waals surface area (Å²) in [6, 6.07) is 13.0. The summed E-state index contributed by atoms with van der Waals surface area (Å²) in [7, 11) is 0. The van der Waals surface area contributed by atoms with Crippen LogP contribution in [0.2, 0.25) is 0 Å². The number of Topliss-reactive ketones (excluding diaryl/α,β-unsaturated/α-hetero) is 1. The maximum absolute atomic E-state index is 13.2. The van der Waals surface area contributed by atoms with Crippen molar-refractivity contribution in [1.82, 2.24) is 10.2 Å². The first kappa shape index (κ1) is 22.5. The molecule has 0 spiro atoms. The standard InChI is InChI=1S/C24H23N3O5S/c1-4-31-17-12-11-16(13-18(17)32-5-2)20-19(21(28)15-9-7-6-8-10-15)22(29)23(30)27(20)24-26-25-14(3)33-24/h6-13,20,28H,4-5H2,1-3H3. The normalized spacial score (nSPS) is 17.4. The Kier molecular flexibility index (Phi) is 6.41. The number of aliphatic hydroxyl groups excluding tert-OH is 1. The van der Waals surface area contributed by atoms with Crippen molar-refractivity contribution in [2.45, 2.75) is 26.8 Å². The third-order valence-corrected chi connectivity index (χ3v) is 5.93. The molecule has 1 atom stereocenters. The summed E-state index contributed by atoms with van der Waals surface area (Å²) in [6.45, 7) is 6.35.